The zero-order valence-corrected chi connectivity index (χ0v) is 45.4. The van der Waals surface area contributed by atoms with E-state index in [-0.39, 0.29) is 48.5 Å². The molecule has 404 valence electrons. The number of nitrogens with one attached hydrogen (secondary N) is 2. The van der Waals surface area contributed by atoms with Crippen molar-refractivity contribution in [3.63, 3.8) is 0 Å². The molecule has 77 heavy (non-hydrogen) atoms. The van der Waals surface area contributed by atoms with Crippen LogP contribution in [0.4, 0.5) is 17.6 Å². The number of para-hydroxylation sites is 1. The van der Waals surface area contributed by atoms with Gasteiger partial charge < -0.3 is 45.0 Å². The first-order chi connectivity index (χ1) is 37.4. The van der Waals surface area contributed by atoms with Crippen molar-refractivity contribution in [1.29, 1.82) is 0 Å². The Morgan fingerprint density at radius 1 is 0.870 bits per heavy atom. The van der Waals surface area contributed by atoms with Crippen molar-refractivity contribution in [2.75, 3.05) is 74.5 Å². The highest BCUT2D eigenvalue weighted by Crippen LogP contribution is 2.37. The quantitative estimate of drug-likeness (QED) is 0.0765. The van der Waals surface area contributed by atoms with Crippen LogP contribution < -0.4 is 20.4 Å². The number of β-amino-alcohol motifs (C(OH)–C–C–N with tert-alkyl or cyclic N) is 1. The van der Waals surface area contributed by atoms with E-state index in [1.54, 1.807) is 23.5 Å². The van der Waals surface area contributed by atoms with Gasteiger partial charge in [-0.2, -0.15) is 5.10 Å². The number of fused-ring (bicyclic) bond motifs is 1. The molecule has 19 nitrogen and oxygen atoms in total. The van der Waals surface area contributed by atoms with E-state index < -0.39 is 18.1 Å². The summed E-state index contributed by atoms with van der Waals surface area (Å²) >= 11 is 1.60. The van der Waals surface area contributed by atoms with Crippen molar-refractivity contribution in [2.24, 2.45) is 11.8 Å². The molecule has 0 spiro atoms. The van der Waals surface area contributed by atoms with E-state index in [1.807, 2.05) is 101 Å². The van der Waals surface area contributed by atoms with E-state index in [4.69, 9.17) is 19.6 Å². The average Bonchev–Trinajstić information content (AvgIpc) is 4.30. The van der Waals surface area contributed by atoms with Crippen molar-refractivity contribution in [3.8, 4) is 27.4 Å². The molecule has 4 fully saturated rings. The predicted octanol–water partition coefficient (Wildman–Crippen LogP) is 7.97. The lowest BCUT2D eigenvalue weighted by Crippen LogP contribution is -2.48. The van der Waals surface area contributed by atoms with E-state index >= 15 is 0 Å². The number of aromatic hydroxyl groups is 1. The second kappa shape index (κ2) is 22.5. The lowest BCUT2D eigenvalue weighted by Gasteiger charge is -2.37. The van der Waals surface area contributed by atoms with Crippen LogP contribution in [0, 0.1) is 18.8 Å². The lowest BCUT2D eigenvalue weighted by molar-refractivity contribution is -0.141. The van der Waals surface area contributed by atoms with Crippen LogP contribution in [0.25, 0.3) is 32.7 Å². The van der Waals surface area contributed by atoms with Gasteiger partial charge in [-0.3, -0.25) is 14.3 Å². The van der Waals surface area contributed by atoms with Crippen LogP contribution in [-0.4, -0.2) is 143 Å². The summed E-state index contributed by atoms with van der Waals surface area (Å²) in [6.45, 7) is 14.5. The molecule has 0 aliphatic carbocycles. The van der Waals surface area contributed by atoms with Gasteiger partial charge in [-0.1, -0.05) is 55.4 Å². The number of hydrogen-bond acceptors (Lipinski definition) is 17. The molecule has 2 aromatic carbocycles. The number of phenolic OH excluding ortho intramolecular Hbond substituents is 1. The summed E-state index contributed by atoms with van der Waals surface area (Å²) in [5, 5.41) is 45.9. The SMILES string of the molecule is CNc1nn(C2CCN(c3ncc(C4CCN(CC5CCN(c6cc(C(C(=O)N7C[C@H](O)C[C@H]7C(=O)N[C@@H](C)c7ccc(-c8scnc8C)cc7)C(C)C)on6)CC5)CC4)cn3)CC2)c2cc(-c3ccccc3O)nnc12. The molecular formula is C57H70N14O5S. The molecule has 2 amide bonds. The Morgan fingerprint density at radius 3 is 2.29 bits per heavy atom. The number of anilines is 3. The van der Waals surface area contributed by atoms with Crippen molar-refractivity contribution >= 4 is 51.8 Å². The molecule has 4 N–H and O–H groups in total. The van der Waals surface area contributed by atoms with Gasteiger partial charge in [0.05, 0.1) is 45.5 Å². The zero-order valence-electron chi connectivity index (χ0n) is 44.6. The number of aliphatic hydroxyl groups excluding tert-OH is 1. The van der Waals surface area contributed by atoms with Crippen LogP contribution in [0.15, 0.2) is 83.1 Å². The molecule has 20 heteroatoms. The van der Waals surface area contributed by atoms with Crippen LogP contribution in [0.1, 0.15) is 112 Å². The highest BCUT2D eigenvalue weighted by Gasteiger charge is 2.44. The van der Waals surface area contributed by atoms with E-state index in [9.17, 15) is 19.8 Å². The summed E-state index contributed by atoms with van der Waals surface area (Å²) in [6.07, 6.45) is 9.46. The largest absolute Gasteiger partial charge is 0.507 e. The number of rotatable bonds is 15. The summed E-state index contributed by atoms with van der Waals surface area (Å²) in [7, 11) is 1.84. The number of phenols is 1. The maximum atomic E-state index is 14.4. The summed E-state index contributed by atoms with van der Waals surface area (Å²) in [6, 6.07) is 18.2. The fourth-order valence-electron chi connectivity index (χ4n) is 12.1. The maximum Gasteiger partial charge on any atom is 0.243 e. The summed E-state index contributed by atoms with van der Waals surface area (Å²) in [4.78, 5) is 52.2. The molecule has 9 heterocycles. The Kier molecular flexibility index (Phi) is 15.2. The van der Waals surface area contributed by atoms with Gasteiger partial charge in [0.15, 0.2) is 22.9 Å². The molecule has 0 saturated carbocycles. The number of amides is 2. The number of hydrogen-bond donors (Lipinski definition) is 4. The van der Waals surface area contributed by atoms with Crippen LogP contribution in [0.5, 0.6) is 5.75 Å². The topological polar surface area (TPSA) is 220 Å². The number of aliphatic hydroxyl groups is 1. The third-order valence-electron chi connectivity index (χ3n) is 16.5. The molecule has 4 atom stereocenters. The molecule has 7 aromatic rings. The number of carbonyl (C=O) groups excluding carboxylic acids is 2. The lowest BCUT2D eigenvalue weighted by atomic mass is 9.89. The summed E-state index contributed by atoms with van der Waals surface area (Å²) in [5.41, 5.74) is 8.90. The Hall–Kier alpha value is -7.03. The molecule has 1 unspecified atom stereocenters. The minimum absolute atomic E-state index is 0.0841. The van der Waals surface area contributed by atoms with E-state index in [0.29, 0.717) is 40.2 Å². The second-order valence-corrected chi connectivity index (χ2v) is 22.7. The second-order valence-electron chi connectivity index (χ2n) is 21.9. The average molecular weight is 1060 g/mol. The first kappa shape index (κ1) is 52.0. The van der Waals surface area contributed by atoms with Gasteiger partial charge in [-0.15, -0.1) is 21.5 Å². The first-order valence-corrected chi connectivity index (χ1v) is 28.3. The van der Waals surface area contributed by atoms with Crippen LogP contribution in [0.3, 0.4) is 0 Å². The molecule has 5 aromatic heterocycles. The normalized spacial score (nSPS) is 20.1. The van der Waals surface area contributed by atoms with Crippen molar-refractivity contribution < 1.29 is 24.3 Å². The third kappa shape index (κ3) is 11.0. The summed E-state index contributed by atoms with van der Waals surface area (Å²) in [5.74, 6) is 2.55. The Balaban J connectivity index is 0.633. The number of likely N-dealkylation sites (tertiary alicyclic amines) is 2. The monoisotopic (exact) mass is 1060 g/mol. The fourth-order valence-corrected chi connectivity index (χ4v) is 12.9. The van der Waals surface area contributed by atoms with Gasteiger partial charge in [-0.25, -0.2) is 15.0 Å². The number of carbonyl (C=O) groups is 2. The number of nitrogens with zero attached hydrogens (tertiary/aromatic N) is 12. The number of aromatic nitrogens is 8. The smallest absolute Gasteiger partial charge is 0.243 e. The Morgan fingerprint density at radius 2 is 1.60 bits per heavy atom. The molecule has 0 radical (unpaired) electrons. The Bertz CT molecular complexity index is 3160. The third-order valence-corrected chi connectivity index (χ3v) is 17.5. The molecule has 4 aliphatic heterocycles. The van der Waals surface area contributed by atoms with Gasteiger partial charge in [0.2, 0.25) is 17.8 Å². The number of thiazole rings is 1. The summed E-state index contributed by atoms with van der Waals surface area (Å²) < 4.78 is 8.02. The van der Waals surface area contributed by atoms with Gasteiger partial charge in [0, 0.05) is 76.8 Å². The number of aryl methyl sites for hydroxylation is 1. The maximum absolute atomic E-state index is 14.4. The highest BCUT2D eigenvalue weighted by molar-refractivity contribution is 7.13. The molecule has 0 bridgehead atoms. The van der Waals surface area contributed by atoms with Gasteiger partial charge in [-0.05, 0) is 118 Å². The minimum Gasteiger partial charge on any atom is -0.507 e. The van der Waals surface area contributed by atoms with Crippen molar-refractivity contribution in [2.45, 2.75) is 109 Å². The van der Waals surface area contributed by atoms with Gasteiger partial charge in [0.1, 0.15) is 17.7 Å². The molecule has 4 saturated heterocycles. The van der Waals surface area contributed by atoms with Crippen LogP contribution in [0.2, 0.25) is 0 Å². The van der Waals surface area contributed by atoms with Crippen LogP contribution in [-0.2, 0) is 9.59 Å². The van der Waals surface area contributed by atoms with Crippen molar-refractivity contribution in [3.05, 3.63) is 101 Å². The van der Waals surface area contributed by atoms with E-state index in [1.165, 1.54) is 10.5 Å². The zero-order chi connectivity index (χ0) is 53.3. The Labute approximate surface area is 453 Å². The van der Waals surface area contributed by atoms with E-state index in [2.05, 4.69) is 50.4 Å². The highest BCUT2D eigenvalue weighted by atomic mass is 32.1. The van der Waals surface area contributed by atoms with Gasteiger partial charge in [0.25, 0.3) is 0 Å². The van der Waals surface area contributed by atoms with Crippen LogP contribution >= 0.6 is 11.3 Å². The molecular weight excluding hydrogens is 993 g/mol. The standard InChI is InChI=1S/C57H70N14O5S/c1-34(2)51(56(75)70-32-43(72)26-47(70)55(74)62-35(3)38-10-12-40(13-11-38)53-36(4)61-33-77-53)49-28-50(66-76-49)68-22-14-37(15-23-68)31-67-20-16-39(17-21-67)41-29-59-57(60-30-41)69-24-18-42(19-25-69)71-46-27-45(44-8-6-7-9-48(44)73)63-64-52(46)54(58-5)65-71/h6-13,27-30,33-35,37,39,42-43,47,51,72-73H,14-26,31-32H2,1-5H3,(H,58,65)(H,62,74)/t35-,43+,47-,51?/m0/s1. The fraction of sp³-hybridized carbons (Fsp3) is 0.491. The number of benzene rings is 2. The minimum atomic E-state index is -0.803. The van der Waals surface area contributed by atoms with E-state index in [0.717, 1.165) is 123 Å². The first-order valence-electron chi connectivity index (χ1n) is 27.4. The molecule has 11 rings (SSSR count). The number of piperidine rings is 3. The van der Waals surface area contributed by atoms with Crippen molar-refractivity contribution in [1.82, 2.24) is 55.2 Å². The van der Waals surface area contributed by atoms with Gasteiger partial charge >= 0.3 is 0 Å². The molecule has 4 aliphatic rings. The predicted molar refractivity (Wildman–Crippen MR) is 297 cm³/mol.